The molecule has 0 saturated carbocycles. The molecule has 3 rings (SSSR count). The highest BCUT2D eigenvalue weighted by atomic mass is 32.2. The number of amides is 1. The number of carbonyl (C=O) groups excluding carboxylic acids is 1. The maximum atomic E-state index is 12.9. The van der Waals surface area contributed by atoms with Crippen LogP contribution in [0.5, 0.6) is 0 Å². The highest BCUT2D eigenvalue weighted by molar-refractivity contribution is 7.99. The van der Waals surface area contributed by atoms with Crippen LogP contribution in [0.2, 0.25) is 0 Å². The molecule has 0 aliphatic carbocycles. The van der Waals surface area contributed by atoms with Crippen LogP contribution in [0.15, 0.2) is 66.1 Å². The van der Waals surface area contributed by atoms with E-state index < -0.39 is 0 Å². The van der Waals surface area contributed by atoms with E-state index in [1.807, 2.05) is 42.0 Å². The van der Waals surface area contributed by atoms with E-state index in [-0.39, 0.29) is 11.7 Å². The minimum Gasteiger partial charge on any atom is -0.355 e. The Labute approximate surface area is 156 Å². The largest absolute Gasteiger partial charge is 0.355 e. The number of rotatable bonds is 7. The van der Waals surface area contributed by atoms with E-state index in [4.69, 9.17) is 0 Å². The number of aromatic nitrogens is 2. The lowest BCUT2D eigenvalue weighted by Crippen LogP contribution is -2.27. The molecular formula is C20H20FN3OS. The van der Waals surface area contributed by atoms with Crippen LogP contribution in [0.3, 0.4) is 0 Å². The second-order valence-corrected chi connectivity index (χ2v) is 6.82. The van der Waals surface area contributed by atoms with Crippen LogP contribution in [0, 0.1) is 12.7 Å². The zero-order valence-electron chi connectivity index (χ0n) is 14.5. The van der Waals surface area contributed by atoms with Crippen molar-refractivity contribution in [1.29, 1.82) is 0 Å². The molecule has 1 aromatic heterocycles. The molecule has 0 atom stereocenters. The average molecular weight is 369 g/mol. The summed E-state index contributed by atoms with van der Waals surface area (Å²) in [6.45, 7) is 2.57. The number of nitrogens with one attached hydrogen (secondary N) is 1. The molecule has 0 aliphatic heterocycles. The maximum Gasteiger partial charge on any atom is 0.230 e. The van der Waals surface area contributed by atoms with Gasteiger partial charge >= 0.3 is 0 Å². The Bertz CT molecular complexity index is 877. The Kier molecular flexibility index (Phi) is 6.07. The quantitative estimate of drug-likeness (QED) is 0.645. The number of hydrogen-bond donors (Lipinski definition) is 1. The first kappa shape index (κ1) is 18.2. The van der Waals surface area contributed by atoms with Gasteiger partial charge in [-0.3, -0.25) is 9.36 Å². The Balaban J connectivity index is 1.50. The van der Waals surface area contributed by atoms with Crippen molar-refractivity contribution < 1.29 is 9.18 Å². The second-order valence-electron chi connectivity index (χ2n) is 5.88. The first-order valence-electron chi connectivity index (χ1n) is 8.37. The van der Waals surface area contributed by atoms with Crippen molar-refractivity contribution in [3.63, 3.8) is 0 Å². The topological polar surface area (TPSA) is 46.9 Å². The minimum atomic E-state index is -0.252. The fourth-order valence-electron chi connectivity index (χ4n) is 2.59. The van der Waals surface area contributed by atoms with Gasteiger partial charge < -0.3 is 5.32 Å². The number of carbonyl (C=O) groups is 1. The van der Waals surface area contributed by atoms with Gasteiger partial charge in [0.05, 0.1) is 11.4 Å². The number of thioether (sulfide) groups is 1. The summed E-state index contributed by atoms with van der Waals surface area (Å²) in [7, 11) is 0. The van der Waals surface area contributed by atoms with Gasteiger partial charge in [0.25, 0.3) is 0 Å². The summed E-state index contributed by atoms with van der Waals surface area (Å²) in [4.78, 5) is 16.4. The van der Waals surface area contributed by atoms with Gasteiger partial charge in [-0.2, -0.15) is 0 Å². The highest BCUT2D eigenvalue weighted by Gasteiger charge is 2.10. The minimum absolute atomic E-state index is 0.0450. The summed E-state index contributed by atoms with van der Waals surface area (Å²) >= 11 is 1.40. The molecule has 0 aliphatic rings. The number of aryl methyl sites for hydroxylation is 1. The van der Waals surface area contributed by atoms with Gasteiger partial charge in [-0.25, -0.2) is 9.37 Å². The van der Waals surface area contributed by atoms with Gasteiger partial charge in [0.1, 0.15) is 5.82 Å². The summed E-state index contributed by atoms with van der Waals surface area (Å²) in [5, 5.41) is 3.67. The maximum absolute atomic E-state index is 12.9. The molecule has 0 unspecified atom stereocenters. The van der Waals surface area contributed by atoms with E-state index in [9.17, 15) is 9.18 Å². The van der Waals surface area contributed by atoms with Gasteiger partial charge in [0.15, 0.2) is 5.16 Å². The molecule has 0 bridgehead atoms. The van der Waals surface area contributed by atoms with Crippen molar-refractivity contribution in [3.05, 3.63) is 77.9 Å². The molecule has 0 radical (unpaired) electrons. The van der Waals surface area contributed by atoms with Crippen LogP contribution in [0.1, 0.15) is 11.1 Å². The molecule has 3 aromatic rings. The Morgan fingerprint density at radius 1 is 1.19 bits per heavy atom. The van der Waals surface area contributed by atoms with Crippen molar-refractivity contribution in [3.8, 4) is 5.69 Å². The number of halogens is 1. The van der Waals surface area contributed by atoms with Crippen LogP contribution in [0.25, 0.3) is 5.69 Å². The van der Waals surface area contributed by atoms with Gasteiger partial charge in [-0.05, 0) is 42.7 Å². The van der Waals surface area contributed by atoms with Crippen molar-refractivity contribution in [2.45, 2.75) is 18.5 Å². The smallest absolute Gasteiger partial charge is 0.230 e. The first-order valence-corrected chi connectivity index (χ1v) is 9.35. The molecule has 4 nitrogen and oxygen atoms in total. The average Bonchev–Trinajstić information content (AvgIpc) is 3.10. The summed E-state index contributed by atoms with van der Waals surface area (Å²) in [6.07, 6.45) is 4.31. The molecule has 1 N–H and O–H groups in total. The van der Waals surface area contributed by atoms with Crippen molar-refractivity contribution in [1.82, 2.24) is 14.9 Å². The third-order valence-corrected chi connectivity index (χ3v) is 4.93. The Hall–Kier alpha value is -2.60. The lowest BCUT2D eigenvalue weighted by molar-refractivity contribution is -0.118. The van der Waals surface area contributed by atoms with Crippen LogP contribution < -0.4 is 5.32 Å². The van der Waals surface area contributed by atoms with Gasteiger partial charge in [0.2, 0.25) is 5.91 Å². The number of hydrogen-bond acceptors (Lipinski definition) is 3. The standard InChI is InChI=1S/C20H20FN3OS/c1-15-4-2-3-5-18(15)24-13-12-23-20(24)26-14-19(25)22-11-10-16-6-8-17(21)9-7-16/h2-9,12-13H,10-11,14H2,1H3,(H,22,25). The number of benzene rings is 2. The number of imidazole rings is 1. The number of nitrogens with zero attached hydrogens (tertiary/aromatic N) is 2. The fraction of sp³-hybridized carbons (Fsp3) is 0.200. The molecule has 0 saturated heterocycles. The van der Waals surface area contributed by atoms with Gasteiger partial charge in [-0.15, -0.1) is 0 Å². The lowest BCUT2D eigenvalue weighted by Gasteiger charge is -2.10. The monoisotopic (exact) mass is 369 g/mol. The van der Waals surface area contributed by atoms with Crippen molar-refractivity contribution >= 4 is 17.7 Å². The highest BCUT2D eigenvalue weighted by Crippen LogP contribution is 2.22. The van der Waals surface area contributed by atoms with Gasteiger partial charge in [0, 0.05) is 18.9 Å². The molecule has 1 heterocycles. The van der Waals surface area contributed by atoms with E-state index in [0.717, 1.165) is 22.0 Å². The van der Waals surface area contributed by atoms with E-state index >= 15 is 0 Å². The number of para-hydroxylation sites is 1. The van der Waals surface area contributed by atoms with Gasteiger partial charge in [-0.1, -0.05) is 42.1 Å². The molecule has 0 spiro atoms. The SMILES string of the molecule is Cc1ccccc1-n1ccnc1SCC(=O)NCCc1ccc(F)cc1. The van der Waals surface area contributed by atoms with E-state index in [2.05, 4.69) is 10.3 Å². The van der Waals surface area contributed by atoms with E-state index in [1.54, 1.807) is 18.3 Å². The third-order valence-electron chi connectivity index (χ3n) is 3.96. The van der Waals surface area contributed by atoms with E-state index in [1.165, 1.54) is 23.9 Å². The van der Waals surface area contributed by atoms with E-state index in [0.29, 0.717) is 18.7 Å². The zero-order valence-corrected chi connectivity index (χ0v) is 15.3. The van der Waals surface area contributed by atoms with Crippen LogP contribution in [-0.2, 0) is 11.2 Å². The summed E-state index contributed by atoms with van der Waals surface area (Å²) in [5.41, 5.74) is 3.20. The van der Waals surface area contributed by atoms with Crippen molar-refractivity contribution in [2.24, 2.45) is 0 Å². The third kappa shape index (κ3) is 4.73. The molecule has 1 amide bonds. The molecule has 6 heteroatoms. The first-order chi connectivity index (χ1) is 12.6. The summed E-state index contributed by atoms with van der Waals surface area (Å²) in [6, 6.07) is 14.4. The van der Waals surface area contributed by atoms with Crippen LogP contribution in [-0.4, -0.2) is 27.8 Å². The molecule has 26 heavy (non-hydrogen) atoms. The van der Waals surface area contributed by atoms with Crippen LogP contribution in [0.4, 0.5) is 4.39 Å². The second kappa shape index (κ2) is 8.67. The van der Waals surface area contributed by atoms with Crippen molar-refractivity contribution in [2.75, 3.05) is 12.3 Å². The summed E-state index contributed by atoms with van der Waals surface area (Å²) < 4.78 is 14.9. The lowest BCUT2D eigenvalue weighted by atomic mass is 10.1. The Morgan fingerprint density at radius 3 is 2.73 bits per heavy atom. The molecule has 2 aromatic carbocycles. The molecule has 0 fully saturated rings. The fourth-order valence-corrected chi connectivity index (χ4v) is 3.39. The molecular weight excluding hydrogens is 349 g/mol. The summed E-state index contributed by atoms with van der Waals surface area (Å²) in [5.74, 6) is 0.00143. The normalized spacial score (nSPS) is 10.7. The Morgan fingerprint density at radius 2 is 1.96 bits per heavy atom. The molecule has 134 valence electrons. The van der Waals surface area contributed by atoms with Crippen LogP contribution >= 0.6 is 11.8 Å². The zero-order chi connectivity index (χ0) is 18.4. The predicted octanol–water partition coefficient (Wildman–Crippen LogP) is 3.77. The predicted molar refractivity (Wildman–Crippen MR) is 102 cm³/mol.